The molecule has 0 bridgehead atoms. The van der Waals surface area contributed by atoms with Gasteiger partial charge in [-0.1, -0.05) is 0 Å². The van der Waals surface area contributed by atoms with Crippen molar-refractivity contribution >= 4 is 11.8 Å². The Bertz CT molecular complexity index is 89.1. The van der Waals surface area contributed by atoms with Gasteiger partial charge in [-0.15, -0.1) is 11.8 Å². The van der Waals surface area contributed by atoms with E-state index in [-0.39, 0.29) is 0 Å². The Labute approximate surface area is 60.1 Å². The third kappa shape index (κ3) is 2.16. The molecule has 0 aromatic carbocycles. The van der Waals surface area contributed by atoms with Crippen LogP contribution in [0.2, 0.25) is 0 Å². The normalized spacial score (nSPS) is 36.7. The van der Waals surface area contributed by atoms with Gasteiger partial charge in [0.1, 0.15) is 0 Å². The van der Waals surface area contributed by atoms with Crippen LogP contribution in [-0.2, 0) is 4.74 Å². The SMILES string of the molecule is COC1CCSC(N)C1. The molecule has 2 N–H and O–H groups in total. The zero-order valence-corrected chi connectivity index (χ0v) is 6.49. The summed E-state index contributed by atoms with van der Waals surface area (Å²) in [4.78, 5) is 0. The van der Waals surface area contributed by atoms with Crippen molar-refractivity contribution in [3.05, 3.63) is 0 Å². The molecule has 3 heteroatoms. The minimum absolute atomic E-state index is 0.309. The second-order valence-electron chi connectivity index (χ2n) is 2.29. The Morgan fingerprint density at radius 1 is 1.67 bits per heavy atom. The average Bonchev–Trinajstić information content (AvgIpc) is 1.88. The van der Waals surface area contributed by atoms with Crippen LogP contribution in [0.1, 0.15) is 12.8 Å². The third-order valence-corrected chi connectivity index (χ3v) is 2.69. The Morgan fingerprint density at radius 3 is 2.89 bits per heavy atom. The molecule has 0 radical (unpaired) electrons. The zero-order valence-electron chi connectivity index (χ0n) is 5.67. The smallest absolute Gasteiger partial charge is 0.0602 e. The first kappa shape index (κ1) is 7.38. The maximum absolute atomic E-state index is 5.68. The molecule has 2 nitrogen and oxygen atoms in total. The predicted octanol–water partition coefficient (Wildman–Crippen LogP) is 0.813. The number of hydrogen-bond donors (Lipinski definition) is 1. The summed E-state index contributed by atoms with van der Waals surface area (Å²) in [6.07, 6.45) is 2.59. The summed E-state index contributed by atoms with van der Waals surface area (Å²) >= 11 is 1.83. The van der Waals surface area contributed by atoms with E-state index in [9.17, 15) is 0 Å². The largest absolute Gasteiger partial charge is 0.381 e. The molecule has 1 aliphatic heterocycles. The van der Waals surface area contributed by atoms with Crippen LogP contribution < -0.4 is 5.73 Å². The number of nitrogens with two attached hydrogens (primary N) is 1. The molecule has 2 unspecified atom stereocenters. The van der Waals surface area contributed by atoms with Gasteiger partial charge in [-0.25, -0.2) is 0 Å². The number of methoxy groups -OCH3 is 1. The van der Waals surface area contributed by atoms with Crippen molar-refractivity contribution in [3.8, 4) is 0 Å². The topological polar surface area (TPSA) is 35.2 Å². The first-order chi connectivity index (χ1) is 4.33. The average molecular weight is 147 g/mol. The van der Waals surface area contributed by atoms with Crippen molar-refractivity contribution in [2.45, 2.75) is 24.3 Å². The van der Waals surface area contributed by atoms with E-state index in [0.29, 0.717) is 11.5 Å². The minimum atomic E-state index is 0.309. The molecular weight excluding hydrogens is 134 g/mol. The molecule has 0 aliphatic carbocycles. The predicted molar refractivity (Wildman–Crippen MR) is 40.5 cm³/mol. The van der Waals surface area contributed by atoms with Crippen molar-refractivity contribution in [1.29, 1.82) is 0 Å². The van der Waals surface area contributed by atoms with E-state index in [1.54, 1.807) is 7.11 Å². The van der Waals surface area contributed by atoms with Crippen LogP contribution >= 0.6 is 11.8 Å². The van der Waals surface area contributed by atoms with Gasteiger partial charge >= 0.3 is 0 Å². The Hall–Kier alpha value is 0.270. The lowest BCUT2D eigenvalue weighted by Crippen LogP contribution is -2.29. The molecule has 1 rings (SSSR count). The lowest BCUT2D eigenvalue weighted by atomic mass is 10.2. The summed E-state index contributed by atoms with van der Waals surface area (Å²) in [5.41, 5.74) is 5.68. The van der Waals surface area contributed by atoms with Gasteiger partial charge in [-0.2, -0.15) is 0 Å². The van der Waals surface area contributed by atoms with Crippen LogP contribution in [-0.4, -0.2) is 24.3 Å². The number of rotatable bonds is 1. The monoisotopic (exact) mass is 147 g/mol. The summed E-state index contributed by atoms with van der Waals surface area (Å²) in [6, 6.07) is 0. The molecular formula is C6H13NOS. The Morgan fingerprint density at radius 2 is 2.44 bits per heavy atom. The lowest BCUT2D eigenvalue weighted by molar-refractivity contribution is 0.0902. The van der Waals surface area contributed by atoms with Crippen molar-refractivity contribution in [2.75, 3.05) is 12.9 Å². The molecule has 1 fully saturated rings. The van der Waals surface area contributed by atoms with Crippen LogP contribution in [0.4, 0.5) is 0 Å². The minimum Gasteiger partial charge on any atom is -0.381 e. The van der Waals surface area contributed by atoms with E-state index >= 15 is 0 Å². The van der Waals surface area contributed by atoms with Gasteiger partial charge in [0.15, 0.2) is 0 Å². The number of thioether (sulfide) groups is 1. The second kappa shape index (κ2) is 3.44. The van der Waals surface area contributed by atoms with Gasteiger partial charge in [-0.3, -0.25) is 0 Å². The van der Waals surface area contributed by atoms with Crippen LogP contribution in [0.5, 0.6) is 0 Å². The van der Waals surface area contributed by atoms with Gasteiger partial charge < -0.3 is 10.5 Å². The zero-order chi connectivity index (χ0) is 6.69. The summed E-state index contributed by atoms with van der Waals surface area (Å²) in [7, 11) is 1.76. The first-order valence-corrected chi connectivity index (χ1v) is 4.28. The highest BCUT2D eigenvalue weighted by Gasteiger charge is 2.18. The fourth-order valence-electron chi connectivity index (χ4n) is 1.01. The summed E-state index contributed by atoms with van der Waals surface area (Å²) in [5.74, 6) is 1.15. The maximum Gasteiger partial charge on any atom is 0.0602 e. The number of ether oxygens (including phenoxy) is 1. The molecule has 1 saturated heterocycles. The molecule has 1 aliphatic rings. The van der Waals surface area contributed by atoms with Crippen molar-refractivity contribution < 1.29 is 4.74 Å². The lowest BCUT2D eigenvalue weighted by Gasteiger charge is -2.24. The first-order valence-electron chi connectivity index (χ1n) is 3.23. The summed E-state index contributed by atoms with van der Waals surface area (Å²) in [6.45, 7) is 0. The van der Waals surface area contributed by atoms with Gasteiger partial charge in [0.2, 0.25) is 0 Å². The van der Waals surface area contributed by atoms with E-state index in [4.69, 9.17) is 10.5 Å². The summed E-state index contributed by atoms with van der Waals surface area (Å²) < 4.78 is 5.17. The highest BCUT2D eigenvalue weighted by Crippen LogP contribution is 2.22. The molecule has 9 heavy (non-hydrogen) atoms. The van der Waals surface area contributed by atoms with Crippen molar-refractivity contribution in [1.82, 2.24) is 0 Å². The Kier molecular flexibility index (Phi) is 2.82. The van der Waals surface area contributed by atoms with Gasteiger partial charge in [0.05, 0.1) is 11.5 Å². The van der Waals surface area contributed by atoms with Crippen LogP contribution in [0.15, 0.2) is 0 Å². The van der Waals surface area contributed by atoms with Crippen LogP contribution in [0, 0.1) is 0 Å². The second-order valence-corrected chi connectivity index (χ2v) is 3.64. The number of hydrogen-bond acceptors (Lipinski definition) is 3. The molecule has 0 spiro atoms. The van der Waals surface area contributed by atoms with E-state index in [1.165, 1.54) is 0 Å². The van der Waals surface area contributed by atoms with Crippen LogP contribution in [0.25, 0.3) is 0 Å². The van der Waals surface area contributed by atoms with Crippen molar-refractivity contribution in [3.63, 3.8) is 0 Å². The molecule has 1 heterocycles. The molecule has 0 saturated carbocycles. The van der Waals surface area contributed by atoms with E-state index in [1.807, 2.05) is 11.8 Å². The van der Waals surface area contributed by atoms with E-state index < -0.39 is 0 Å². The van der Waals surface area contributed by atoms with Gasteiger partial charge in [0.25, 0.3) is 0 Å². The summed E-state index contributed by atoms with van der Waals surface area (Å²) in [5, 5.41) is 0.309. The molecule has 0 amide bonds. The Balaban J connectivity index is 2.23. The fraction of sp³-hybridized carbons (Fsp3) is 1.00. The van der Waals surface area contributed by atoms with Crippen molar-refractivity contribution in [2.24, 2.45) is 5.73 Å². The van der Waals surface area contributed by atoms with Gasteiger partial charge in [0, 0.05) is 7.11 Å². The standard InChI is InChI=1S/C6H13NOS/c1-8-5-2-3-9-6(7)4-5/h5-6H,2-4,7H2,1H3. The fourth-order valence-corrected chi connectivity index (χ4v) is 2.06. The molecule has 54 valence electrons. The maximum atomic E-state index is 5.68. The van der Waals surface area contributed by atoms with E-state index in [2.05, 4.69) is 0 Å². The molecule has 0 aromatic rings. The van der Waals surface area contributed by atoms with Crippen LogP contribution in [0.3, 0.4) is 0 Å². The molecule has 0 aromatic heterocycles. The quantitative estimate of drug-likeness (QED) is 0.596. The van der Waals surface area contributed by atoms with Gasteiger partial charge in [-0.05, 0) is 18.6 Å². The highest BCUT2D eigenvalue weighted by molar-refractivity contribution is 7.99. The molecule has 2 atom stereocenters. The third-order valence-electron chi connectivity index (χ3n) is 1.60. The highest BCUT2D eigenvalue weighted by atomic mass is 32.2. The van der Waals surface area contributed by atoms with E-state index in [0.717, 1.165) is 18.6 Å².